The molecule has 1 aliphatic carbocycles. The monoisotopic (exact) mass is 540 g/mol. The van der Waals surface area contributed by atoms with Crippen molar-refractivity contribution < 1.29 is 14.3 Å². The second-order valence-corrected chi connectivity index (χ2v) is 9.83. The summed E-state index contributed by atoms with van der Waals surface area (Å²) in [6.07, 6.45) is 14.4. The second-order valence-electron chi connectivity index (χ2n) is 9.07. The Morgan fingerprint density at radius 3 is 2.30 bits per heavy atom. The van der Waals surface area contributed by atoms with E-state index in [4.69, 9.17) is 44.1 Å². The number of amides is 1. The number of carbonyl (C=O) groups is 1. The van der Waals surface area contributed by atoms with E-state index >= 15 is 0 Å². The summed E-state index contributed by atoms with van der Waals surface area (Å²) in [4.78, 5) is 21.3. The molecule has 3 aromatic rings. The zero-order valence-corrected chi connectivity index (χ0v) is 22.5. The number of hydrogen-bond donors (Lipinski definition) is 2. The van der Waals surface area contributed by atoms with Gasteiger partial charge < -0.3 is 20.1 Å². The van der Waals surface area contributed by atoms with E-state index in [1.165, 1.54) is 6.42 Å². The van der Waals surface area contributed by atoms with E-state index in [0.717, 1.165) is 55.0 Å². The van der Waals surface area contributed by atoms with Crippen molar-refractivity contribution in [3.05, 3.63) is 40.5 Å². The Labute approximate surface area is 227 Å². The molecule has 0 spiro atoms. The molecule has 2 N–H and O–H groups in total. The standard InChI is InChI=1S/C28H30Cl2N4O3/c1-4-24(35)32-20-10-8-6-5-7-9-11-21(20)34-28-31-16-18-14-17(12-13-19(18)33-28)25-26(29)22(36-2)15-23(37-3)27(25)30/h1,12-16,20-21H,5-11H2,2-3H3,(H,32,35)(H,31,33,34)/t20?,21-/m0/s1. The van der Waals surface area contributed by atoms with Crippen molar-refractivity contribution in [1.82, 2.24) is 15.3 Å². The largest absolute Gasteiger partial charge is 0.495 e. The molecule has 0 aliphatic heterocycles. The van der Waals surface area contributed by atoms with Gasteiger partial charge in [0.05, 0.1) is 29.8 Å². The smallest absolute Gasteiger partial charge is 0.295 e. The van der Waals surface area contributed by atoms with Crippen LogP contribution in [-0.2, 0) is 4.79 Å². The summed E-state index contributed by atoms with van der Waals surface area (Å²) in [6, 6.07) is 7.29. The molecule has 2 atom stereocenters. The highest BCUT2D eigenvalue weighted by Crippen LogP contribution is 2.46. The van der Waals surface area contributed by atoms with Gasteiger partial charge in [0.1, 0.15) is 11.5 Å². The normalized spacial score (nSPS) is 18.1. The zero-order chi connectivity index (χ0) is 26.4. The Balaban J connectivity index is 1.64. The highest BCUT2D eigenvalue weighted by molar-refractivity contribution is 6.41. The SMILES string of the molecule is C#CC(=O)NC1CCCCCCC[C@@H]1Nc1ncc2cc(-c3c(Cl)c(OC)cc(OC)c3Cl)ccc2n1. The highest BCUT2D eigenvalue weighted by atomic mass is 35.5. The predicted molar refractivity (Wildman–Crippen MR) is 149 cm³/mol. The minimum absolute atomic E-state index is 0.0195. The molecule has 2 aromatic carbocycles. The van der Waals surface area contributed by atoms with Gasteiger partial charge in [-0.3, -0.25) is 4.79 Å². The average molecular weight is 541 g/mol. The number of carbonyl (C=O) groups excluding carboxylic acids is 1. The molecule has 194 valence electrons. The van der Waals surface area contributed by atoms with Gasteiger partial charge in [-0.2, -0.15) is 0 Å². The number of nitrogens with zero attached hydrogens (tertiary/aromatic N) is 2. The molecule has 0 radical (unpaired) electrons. The fraction of sp³-hybridized carbons (Fsp3) is 0.393. The molecular weight excluding hydrogens is 511 g/mol. The van der Waals surface area contributed by atoms with E-state index in [9.17, 15) is 4.79 Å². The van der Waals surface area contributed by atoms with Gasteiger partial charge in [0.2, 0.25) is 5.95 Å². The van der Waals surface area contributed by atoms with E-state index in [1.807, 2.05) is 18.2 Å². The van der Waals surface area contributed by atoms with Crippen molar-refractivity contribution in [2.45, 2.75) is 57.0 Å². The summed E-state index contributed by atoms with van der Waals surface area (Å²) in [5.74, 6) is 3.21. The summed E-state index contributed by atoms with van der Waals surface area (Å²) in [5.41, 5.74) is 2.16. The summed E-state index contributed by atoms with van der Waals surface area (Å²) >= 11 is 13.2. The van der Waals surface area contributed by atoms with Crippen molar-refractivity contribution in [3.8, 4) is 35.0 Å². The van der Waals surface area contributed by atoms with Crippen LogP contribution in [-0.4, -0.2) is 42.2 Å². The van der Waals surface area contributed by atoms with Crippen LogP contribution in [0, 0.1) is 12.3 Å². The Kier molecular flexibility index (Phi) is 8.96. The summed E-state index contributed by atoms with van der Waals surface area (Å²) in [7, 11) is 3.09. The van der Waals surface area contributed by atoms with E-state index in [0.29, 0.717) is 33.1 Å². The van der Waals surface area contributed by atoms with Crippen LogP contribution >= 0.6 is 23.2 Å². The first-order chi connectivity index (χ1) is 17.9. The van der Waals surface area contributed by atoms with Gasteiger partial charge in [-0.05, 0) is 36.5 Å². The zero-order valence-electron chi connectivity index (χ0n) is 20.9. The van der Waals surface area contributed by atoms with Gasteiger partial charge in [0, 0.05) is 35.3 Å². The number of rotatable bonds is 6. The maximum Gasteiger partial charge on any atom is 0.295 e. The number of aromatic nitrogens is 2. The molecule has 9 heteroatoms. The van der Waals surface area contributed by atoms with Crippen molar-refractivity contribution in [3.63, 3.8) is 0 Å². The first-order valence-electron chi connectivity index (χ1n) is 12.4. The molecule has 1 aliphatic rings. The van der Waals surface area contributed by atoms with Gasteiger partial charge >= 0.3 is 0 Å². The average Bonchev–Trinajstić information content (AvgIpc) is 3.01. The number of benzene rings is 2. The van der Waals surface area contributed by atoms with E-state index < -0.39 is 5.91 Å². The predicted octanol–water partition coefficient (Wildman–Crippen LogP) is 6.26. The molecule has 1 aromatic heterocycles. The molecular formula is C28H30Cl2N4O3. The molecule has 0 bridgehead atoms. The van der Waals surface area contributed by atoms with E-state index in [-0.39, 0.29) is 12.1 Å². The minimum Gasteiger partial charge on any atom is -0.495 e. The molecule has 37 heavy (non-hydrogen) atoms. The van der Waals surface area contributed by atoms with E-state index in [1.54, 1.807) is 26.5 Å². The number of methoxy groups -OCH3 is 2. The quantitative estimate of drug-likeness (QED) is 0.358. The first-order valence-corrected chi connectivity index (χ1v) is 13.1. The maximum absolute atomic E-state index is 12.0. The van der Waals surface area contributed by atoms with Crippen LogP contribution in [0.1, 0.15) is 44.9 Å². The molecule has 1 saturated carbocycles. The number of nitrogens with one attached hydrogen (secondary N) is 2. The third-order valence-corrected chi connectivity index (χ3v) is 7.47. The van der Waals surface area contributed by atoms with E-state index in [2.05, 4.69) is 21.5 Å². The number of fused-ring (bicyclic) bond motifs is 1. The van der Waals surface area contributed by atoms with Gasteiger partial charge in [0.15, 0.2) is 0 Å². The lowest BCUT2D eigenvalue weighted by Gasteiger charge is -2.28. The number of anilines is 1. The highest BCUT2D eigenvalue weighted by Gasteiger charge is 2.24. The van der Waals surface area contributed by atoms with Crippen molar-refractivity contribution >= 4 is 46.0 Å². The number of terminal acetylenes is 1. The molecule has 0 saturated heterocycles. The lowest BCUT2D eigenvalue weighted by molar-refractivity contribution is -0.116. The third kappa shape index (κ3) is 6.20. The summed E-state index contributed by atoms with van der Waals surface area (Å²) < 4.78 is 10.8. The minimum atomic E-state index is -0.394. The van der Waals surface area contributed by atoms with Crippen molar-refractivity contribution in [1.29, 1.82) is 0 Å². The van der Waals surface area contributed by atoms with Crippen LogP contribution in [0.15, 0.2) is 30.5 Å². The number of hydrogen-bond acceptors (Lipinski definition) is 6. The summed E-state index contributed by atoms with van der Waals surface area (Å²) in [5, 5.41) is 8.06. The van der Waals surface area contributed by atoms with Crippen LogP contribution in [0.4, 0.5) is 5.95 Å². The number of halogens is 2. The first kappa shape index (κ1) is 26.8. The third-order valence-electron chi connectivity index (χ3n) is 6.72. The Morgan fingerprint density at radius 2 is 1.65 bits per heavy atom. The van der Waals surface area contributed by atoms with Crippen LogP contribution in [0.25, 0.3) is 22.0 Å². The fourth-order valence-corrected chi connectivity index (χ4v) is 5.50. The van der Waals surface area contributed by atoms with Gasteiger partial charge in [-0.15, -0.1) is 6.42 Å². The maximum atomic E-state index is 12.0. The van der Waals surface area contributed by atoms with Crippen LogP contribution in [0.3, 0.4) is 0 Å². The second kappa shape index (κ2) is 12.4. The molecule has 1 amide bonds. The summed E-state index contributed by atoms with van der Waals surface area (Å²) in [6.45, 7) is 0. The Hall–Kier alpha value is -3.21. The van der Waals surface area contributed by atoms with Crippen molar-refractivity contribution in [2.24, 2.45) is 0 Å². The number of ether oxygens (including phenoxy) is 2. The molecule has 4 rings (SSSR count). The van der Waals surface area contributed by atoms with Crippen LogP contribution < -0.4 is 20.1 Å². The molecule has 1 fully saturated rings. The van der Waals surface area contributed by atoms with Crippen molar-refractivity contribution in [2.75, 3.05) is 19.5 Å². The topological polar surface area (TPSA) is 85.4 Å². The lowest BCUT2D eigenvalue weighted by Crippen LogP contribution is -2.46. The Morgan fingerprint density at radius 1 is 1.00 bits per heavy atom. The lowest BCUT2D eigenvalue weighted by atomic mass is 9.99. The van der Waals surface area contributed by atoms with Gasteiger partial charge in [-0.1, -0.05) is 61.4 Å². The van der Waals surface area contributed by atoms with Gasteiger partial charge in [0.25, 0.3) is 5.91 Å². The van der Waals surface area contributed by atoms with Crippen LogP contribution in [0.5, 0.6) is 11.5 Å². The van der Waals surface area contributed by atoms with Gasteiger partial charge in [-0.25, -0.2) is 9.97 Å². The molecule has 1 unspecified atom stereocenters. The molecule has 7 nitrogen and oxygen atoms in total. The fourth-order valence-electron chi connectivity index (χ4n) is 4.78. The molecule has 1 heterocycles. The van der Waals surface area contributed by atoms with Crippen LogP contribution in [0.2, 0.25) is 10.0 Å². The Bertz CT molecular complexity index is 1300.